The Morgan fingerprint density at radius 3 is 3.00 bits per heavy atom. The Morgan fingerprint density at radius 2 is 2.22 bits per heavy atom. The van der Waals surface area contributed by atoms with E-state index >= 15 is 0 Å². The Balaban J connectivity index is 2.06. The molecule has 0 spiro atoms. The van der Waals surface area contributed by atoms with E-state index in [9.17, 15) is 0 Å². The second kappa shape index (κ2) is 4.57. The number of aromatic nitrogens is 3. The van der Waals surface area contributed by atoms with Crippen LogP contribution in [0, 0.1) is 0 Å². The Hall–Kier alpha value is -1.62. The Morgan fingerprint density at radius 1 is 1.33 bits per heavy atom. The van der Waals surface area contributed by atoms with Crippen molar-refractivity contribution in [2.75, 3.05) is 27.2 Å². The molecule has 3 rings (SSSR count). The normalized spacial score (nSPS) is 21.3. The van der Waals surface area contributed by atoms with E-state index in [0.717, 1.165) is 23.9 Å². The minimum Gasteiger partial charge on any atom is -0.482 e. The number of fused-ring (bicyclic) bond motifs is 1. The van der Waals surface area contributed by atoms with E-state index in [1.807, 2.05) is 22.6 Å². The molecule has 1 saturated heterocycles. The van der Waals surface area contributed by atoms with Gasteiger partial charge in [0.1, 0.15) is 5.82 Å². The molecule has 1 unspecified atom stereocenters. The quantitative estimate of drug-likeness (QED) is 0.806. The van der Waals surface area contributed by atoms with Crippen LogP contribution in [0.5, 0.6) is 5.88 Å². The first-order chi connectivity index (χ1) is 8.79. The molecule has 0 aromatic carbocycles. The predicted molar refractivity (Wildman–Crippen MR) is 69.0 cm³/mol. The maximum Gasteiger partial charge on any atom is 0.200 e. The van der Waals surface area contributed by atoms with E-state index in [1.54, 1.807) is 7.11 Å². The molecule has 0 saturated carbocycles. The maximum atomic E-state index is 5.41. The lowest BCUT2D eigenvalue weighted by molar-refractivity contribution is 0.244. The first-order valence-corrected chi connectivity index (χ1v) is 6.36. The number of nitrogens with zero attached hydrogens (tertiary/aromatic N) is 4. The van der Waals surface area contributed by atoms with Gasteiger partial charge in [-0.25, -0.2) is 4.40 Å². The lowest BCUT2D eigenvalue weighted by Gasteiger charge is -2.28. The average Bonchev–Trinajstić information content (AvgIpc) is 2.82. The number of likely N-dealkylation sites (N-methyl/N-ethyl adjacent to an activating group) is 1. The van der Waals surface area contributed by atoms with Crippen molar-refractivity contribution >= 4 is 5.65 Å². The van der Waals surface area contributed by atoms with Gasteiger partial charge in [-0.15, -0.1) is 10.2 Å². The molecule has 1 aliphatic rings. The highest BCUT2D eigenvalue weighted by Crippen LogP contribution is 2.27. The molecule has 1 aliphatic heterocycles. The Bertz CT molecular complexity index is 551. The van der Waals surface area contributed by atoms with Crippen LogP contribution in [0.15, 0.2) is 18.2 Å². The van der Waals surface area contributed by atoms with Gasteiger partial charge in [0.2, 0.25) is 5.88 Å². The zero-order valence-electron chi connectivity index (χ0n) is 10.8. The van der Waals surface area contributed by atoms with Crippen LogP contribution in [0.1, 0.15) is 24.6 Å². The van der Waals surface area contributed by atoms with Crippen LogP contribution >= 0.6 is 0 Å². The molecule has 0 aliphatic carbocycles. The fourth-order valence-electron chi connectivity index (χ4n) is 2.73. The largest absolute Gasteiger partial charge is 0.482 e. The summed E-state index contributed by atoms with van der Waals surface area (Å²) in [5.74, 6) is 2.27. The highest BCUT2D eigenvalue weighted by molar-refractivity contribution is 5.42. The highest BCUT2D eigenvalue weighted by Gasteiger charge is 2.24. The monoisotopic (exact) mass is 246 g/mol. The van der Waals surface area contributed by atoms with Gasteiger partial charge in [0.15, 0.2) is 5.65 Å². The third kappa shape index (κ3) is 1.84. The SMILES string of the molecule is COc1cccc2nnc(C3CCCN(C)C3)n12. The summed E-state index contributed by atoms with van der Waals surface area (Å²) in [4.78, 5) is 2.35. The summed E-state index contributed by atoms with van der Waals surface area (Å²) in [5, 5.41) is 8.61. The third-order valence-electron chi connectivity index (χ3n) is 3.62. The molecule has 0 bridgehead atoms. The molecular formula is C13H18N4O. The van der Waals surface area contributed by atoms with Crippen LogP contribution in [0.2, 0.25) is 0 Å². The molecular weight excluding hydrogens is 228 g/mol. The summed E-state index contributed by atoms with van der Waals surface area (Å²) in [6.07, 6.45) is 2.38. The van der Waals surface area contributed by atoms with E-state index < -0.39 is 0 Å². The minimum absolute atomic E-state index is 0.440. The van der Waals surface area contributed by atoms with Gasteiger partial charge in [-0.05, 0) is 38.6 Å². The number of hydrogen-bond acceptors (Lipinski definition) is 4. The molecule has 0 radical (unpaired) electrons. The first kappa shape index (κ1) is 11.5. The van der Waals surface area contributed by atoms with Crippen molar-refractivity contribution in [3.8, 4) is 5.88 Å². The van der Waals surface area contributed by atoms with Crippen molar-refractivity contribution in [2.45, 2.75) is 18.8 Å². The fraction of sp³-hybridized carbons (Fsp3) is 0.538. The average molecular weight is 246 g/mol. The molecule has 2 aromatic heterocycles. The second-order valence-electron chi connectivity index (χ2n) is 4.92. The standard InChI is InChI=1S/C13H18N4O/c1-16-8-4-5-10(9-16)13-15-14-11-6-3-7-12(18-2)17(11)13/h3,6-7,10H,4-5,8-9H2,1-2H3. The summed E-state index contributed by atoms with van der Waals surface area (Å²) in [7, 11) is 3.85. The van der Waals surface area contributed by atoms with Gasteiger partial charge in [-0.1, -0.05) is 6.07 Å². The van der Waals surface area contributed by atoms with Gasteiger partial charge >= 0.3 is 0 Å². The second-order valence-corrected chi connectivity index (χ2v) is 4.92. The minimum atomic E-state index is 0.440. The fourth-order valence-corrected chi connectivity index (χ4v) is 2.73. The third-order valence-corrected chi connectivity index (χ3v) is 3.62. The van der Waals surface area contributed by atoms with Crippen LogP contribution in [0.3, 0.4) is 0 Å². The summed E-state index contributed by atoms with van der Waals surface area (Å²) in [6.45, 7) is 2.21. The van der Waals surface area contributed by atoms with Crippen LogP contribution in [0.4, 0.5) is 0 Å². The lowest BCUT2D eigenvalue weighted by Crippen LogP contribution is -2.31. The van der Waals surface area contributed by atoms with Crippen LogP contribution in [-0.4, -0.2) is 46.7 Å². The van der Waals surface area contributed by atoms with Crippen LogP contribution < -0.4 is 4.74 Å². The van der Waals surface area contributed by atoms with Crippen molar-refractivity contribution in [1.82, 2.24) is 19.5 Å². The molecule has 1 fully saturated rings. The van der Waals surface area contributed by atoms with Gasteiger partial charge in [0, 0.05) is 12.5 Å². The topological polar surface area (TPSA) is 42.7 Å². The van der Waals surface area contributed by atoms with Gasteiger partial charge in [-0.3, -0.25) is 0 Å². The van der Waals surface area contributed by atoms with Crippen molar-refractivity contribution in [1.29, 1.82) is 0 Å². The molecule has 96 valence electrons. The molecule has 3 heterocycles. The Labute approximate surface area is 106 Å². The van der Waals surface area contributed by atoms with Crippen molar-refractivity contribution < 1.29 is 4.74 Å². The summed E-state index contributed by atoms with van der Waals surface area (Å²) >= 11 is 0. The number of rotatable bonds is 2. The van der Waals surface area contributed by atoms with Gasteiger partial charge in [0.05, 0.1) is 7.11 Å². The van der Waals surface area contributed by atoms with E-state index in [0.29, 0.717) is 5.92 Å². The number of pyridine rings is 1. The molecule has 2 aromatic rings. The summed E-state index contributed by atoms with van der Waals surface area (Å²) < 4.78 is 7.45. The highest BCUT2D eigenvalue weighted by atomic mass is 16.5. The maximum absolute atomic E-state index is 5.41. The number of ether oxygens (including phenoxy) is 1. The van der Waals surface area contributed by atoms with Crippen molar-refractivity contribution in [3.63, 3.8) is 0 Å². The number of likely N-dealkylation sites (tertiary alicyclic amines) is 1. The smallest absolute Gasteiger partial charge is 0.200 e. The number of hydrogen-bond donors (Lipinski definition) is 0. The zero-order chi connectivity index (χ0) is 12.5. The predicted octanol–water partition coefficient (Wildman–Crippen LogP) is 1.55. The van der Waals surface area contributed by atoms with Crippen LogP contribution in [-0.2, 0) is 0 Å². The molecule has 5 heteroatoms. The van der Waals surface area contributed by atoms with Crippen molar-refractivity contribution in [2.24, 2.45) is 0 Å². The molecule has 1 atom stereocenters. The zero-order valence-corrected chi connectivity index (χ0v) is 10.8. The summed E-state index contributed by atoms with van der Waals surface area (Å²) in [5.41, 5.74) is 0.859. The molecule has 0 amide bonds. The first-order valence-electron chi connectivity index (χ1n) is 6.36. The van der Waals surface area contributed by atoms with Crippen LogP contribution in [0.25, 0.3) is 5.65 Å². The van der Waals surface area contributed by atoms with Gasteiger partial charge < -0.3 is 9.64 Å². The van der Waals surface area contributed by atoms with Crippen molar-refractivity contribution in [3.05, 3.63) is 24.0 Å². The molecule has 18 heavy (non-hydrogen) atoms. The van der Waals surface area contributed by atoms with E-state index in [4.69, 9.17) is 4.74 Å². The Kier molecular flexibility index (Phi) is 2.91. The molecule has 5 nitrogen and oxygen atoms in total. The van der Waals surface area contributed by atoms with E-state index in [-0.39, 0.29) is 0 Å². The summed E-state index contributed by atoms with van der Waals surface area (Å²) in [6, 6.07) is 5.86. The van der Waals surface area contributed by atoms with Gasteiger partial charge in [-0.2, -0.15) is 0 Å². The van der Waals surface area contributed by atoms with E-state index in [1.165, 1.54) is 19.4 Å². The van der Waals surface area contributed by atoms with Gasteiger partial charge in [0.25, 0.3) is 0 Å². The lowest BCUT2D eigenvalue weighted by atomic mass is 9.98. The number of methoxy groups -OCH3 is 1. The number of piperidine rings is 1. The molecule has 0 N–H and O–H groups in total. The van der Waals surface area contributed by atoms with E-state index in [2.05, 4.69) is 22.1 Å².